The molecule has 0 fully saturated rings. The predicted molar refractivity (Wildman–Crippen MR) is 65.0 cm³/mol. The van der Waals surface area contributed by atoms with Gasteiger partial charge in [0.15, 0.2) is 0 Å². The zero-order chi connectivity index (χ0) is 11.7. The molecule has 0 aliphatic carbocycles. The van der Waals surface area contributed by atoms with E-state index >= 15 is 0 Å². The molecule has 0 bridgehead atoms. The van der Waals surface area contributed by atoms with Crippen molar-refractivity contribution in [2.45, 2.75) is 26.3 Å². The van der Waals surface area contributed by atoms with Gasteiger partial charge in [-0.25, -0.2) is 4.98 Å². The van der Waals surface area contributed by atoms with Gasteiger partial charge in [0, 0.05) is 25.7 Å². The second-order valence-corrected chi connectivity index (χ2v) is 4.56. The minimum absolute atomic E-state index is 0.156. The van der Waals surface area contributed by atoms with Crippen molar-refractivity contribution in [1.29, 1.82) is 0 Å². The van der Waals surface area contributed by atoms with Crippen LogP contribution in [0.25, 0.3) is 11.0 Å². The molecule has 16 heavy (non-hydrogen) atoms. The minimum Gasteiger partial charge on any atom is -0.331 e. The second kappa shape index (κ2) is 4.22. The van der Waals surface area contributed by atoms with Crippen LogP contribution < -0.4 is 5.73 Å². The van der Waals surface area contributed by atoms with Gasteiger partial charge in [0.1, 0.15) is 11.3 Å². The molecule has 0 amide bonds. The first-order chi connectivity index (χ1) is 7.59. The van der Waals surface area contributed by atoms with Gasteiger partial charge in [-0.3, -0.25) is 4.98 Å². The molecule has 0 aliphatic heterocycles. The maximum Gasteiger partial charge on any atom is 0.111 e. The second-order valence-electron chi connectivity index (χ2n) is 4.56. The fourth-order valence-corrected chi connectivity index (χ4v) is 1.73. The van der Waals surface area contributed by atoms with Crippen LogP contribution in [0.5, 0.6) is 0 Å². The van der Waals surface area contributed by atoms with E-state index in [1.165, 1.54) is 0 Å². The molecule has 86 valence electrons. The molecule has 2 aromatic heterocycles. The molecule has 2 heterocycles. The van der Waals surface area contributed by atoms with E-state index in [2.05, 4.69) is 28.4 Å². The molecule has 0 aliphatic rings. The van der Waals surface area contributed by atoms with Gasteiger partial charge in [-0.2, -0.15) is 0 Å². The van der Waals surface area contributed by atoms with Crippen LogP contribution in [0.15, 0.2) is 18.5 Å². The highest BCUT2D eigenvalue weighted by molar-refractivity contribution is 5.74. The number of aryl methyl sites for hydroxylation is 1. The molecule has 0 saturated carbocycles. The molecule has 0 spiro atoms. The maximum absolute atomic E-state index is 6.07. The highest BCUT2D eigenvalue weighted by atomic mass is 15.1. The lowest BCUT2D eigenvalue weighted by molar-refractivity contribution is 0.477. The van der Waals surface area contributed by atoms with Crippen LogP contribution in [0.2, 0.25) is 0 Å². The highest BCUT2D eigenvalue weighted by Crippen LogP contribution is 2.15. The summed E-state index contributed by atoms with van der Waals surface area (Å²) in [6, 6.07) is 2.13. The predicted octanol–water partition coefficient (Wildman–Crippen LogP) is 1.49. The van der Waals surface area contributed by atoms with Gasteiger partial charge in [-0.1, -0.05) is 13.8 Å². The molecule has 2 aromatic rings. The van der Waals surface area contributed by atoms with E-state index in [1.54, 1.807) is 12.4 Å². The first-order valence-electron chi connectivity index (χ1n) is 5.60. The first-order valence-corrected chi connectivity index (χ1v) is 5.60. The molecule has 2 N–H and O–H groups in total. The molecule has 0 aromatic carbocycles. The Labute approximate surface area is 95.5 Å². The van der Waals surface area contributed by atoms with Crippen molar-refractivity contribution in [3.8, 4) is 0 Å². The van der Waals surface area contributed by atoms with Crippen molar-refractivity contribution in [1.82, 2.24) is 14.5 Å². The number of nitrogens with two attached hydrogens (primary N) is 1. The van der Waals surface area contributed by atoms with Crippen molar-refractivity contribution in [3.05, 3.63) is 24.3 Å². The Balaban J connectivity index is 2.35. The Kier molecular flexibility index (Phi) is 2.92. The van der Waals surface area contributed by atoms with Crippen molar-refractivity contribution in [2.24, 2.45) is 18.7 Å². The molecule has 0 radical (unpaired) electrons. The summed E-state index contributed by atoms with van der Waals surface area (Å²) >= 11 is 0. The number of hydrogen-bond donors (Lipinski definition) is 1. The zero-order valence-electron chi connectivity index (χ0n) is 10.0. The molecular weight excluding hydrogens is 200 g/mol. The molecular formula is C12H18N4. The Morgan fingerprint density at radius 2 is 2.19 bits per heavy atom. The Morgan fingerprint density at radius 3 is 2.81 bits per heavy atom. The molecule has 0 saturated heterocycles. The standard InChI is InChI=1S/C12H18N4/c1-8(2)9(13)6-12-15-10-7-14-5-4-11(10)16(12)3/h4-5,7-9H,6,13H2,1-3H3. The largest absolute Gasteiger partial charge is 0.331 e. The van der Waals surface area contributed by atoms with E-state index in [0.29, 0.717) is 5.92 Å². The summed E-state index contributed by atoms with van der Waals surface area (Å²) in [4.78, 5) is 8.63. The van der Waals surface area contributed by atoms with Gasteiger partial charge in [0.2, 0.25) is 0 Å². The number of nitrogens with zero attached hydrogens (tertiary/aromatic N) is 3. The van der Waals surface area contributed by atoms with E-state index in [-0.39, 0.29) is 6.04 Å². The summed E-state index contributed by atoms with van der Waals surface area (Å²) in [5, 5.41) is 0. The van der Waals surface area contributed by atoms with Crippen LogP contribution in [0.4, 0.5) is 0 Å². The Morgan fingerprint density at radius 1 is 1.44 bits per heavy atom. The summed E-state index contributed by atoms with van der Waals surface area (Å²) in [5.74, 6) is 1.50. The number of pyridine rings is 1. The lowest BCUT2D eigenvalue weighted by atomic mass is 10.0. The number of hydrogen-bond acceptors (Lipinski definition) is 3. The SMILES string of the molecule is CC(C)C(N)Cc1nc2cnccc2n1C. The number of fused-ring (bicyclic) bond motifs is 1. The lowest BCUT2D eigenvalue weighted by Gasteiger charge is -2.14. The molecule has 4 nitrogen and oxygen atoms in total. The van der Waals surface area contributed by atoms with Gasteiger partial charge in [-0.15, -0.1) is 0 Å². The molecule has 2 rings (SSSR count). The van der Waals surface area contributed by atoms with Crippen molar-refractivity contribution in [2.75, 3.05) is 0 Å². The average molecular weight is 218 g/mol. The third-order valence-electron chi connectivity index (χ3n) is 3.05. The van der Waals surface area contributed by atoms with Crippen LogP contribution in [-0.4, -0.2) is 20.6 Å². The van der Waals surface area contributed by atoms with E-state index in [9.17, 15) is 0 Å². The summed E-state index contributed by atoms with van der Waals surface area (Å²) in [7, 11) is 2.03. The van der Waals surface area contributed by atoms with E-state index in [0.717, 1.165) is 23.3 Å². The molecule has 4 heteroatoms. The lowest BCUT2D eigenvalue weighted by Crippen LogP contribution is -2.29. The number of imidazole rings is 1. The Bertz CT molecular complexity index is 487. The fraction of sp³-hybridized carbons (Fsp3) is 0.500. The highest BCUT2D eigenvalue weighted by Gasteiger charge is 2.13. The van der Waals surface area contributed by atoms with Gasteiger partial charge in [-0.05, 0) is 12.0 Å². The summed E-state index contributed by atoms with van der Waals surface area (Å²) in [5.41, 5.74) is 8.12. The monoisotopic (exact) mass is 218 g/mol. The summed E-state index contributed by atoms with van der Waals surface area (Å²) in [6.07, 6.45) is 4.39. The van der Waals surface area contributed by atoms with Crippen LogP contribution in [0.3, 0.4) is 0 Å². The summed E-state index contributed by atoms with van der Waals surface area (Å²) < 4.78 is 2.10. The van der Waals surface area contributed by atoms with E-state index < -0.39 is 0 Å². The van der Waals surface area contributed by atoms with Crippen molar-refractivity contribution < 1.29 is 0 Å². The molecule has 1 atom stereocenters. The Hall–Kier alpha value is -1.42. The van der Waals surface area contributed by atoms with Gasteiger partial charge in [0.05, 0.1) is 11.7 Å². The average Bonchev–Trinajstić information content (AvgIpc) is 2.56. The zero-order valence-corrected chi connectivity index (χ0v) is 10.0. The smallest absolute Gasteiger partial charge is 0.111 e. The van der Waals surface area contributed by atoms with E-state index in [1.807, 2.05) is 13.1 Å². The van der Waals surface area contributed by atoms with Crippen LogP contribution in [0, 0.1) is 5.92 Å². The van der Waals surface area contributed by atoms with Gasteiger partial charge in [0.25, 0.3) is 0 Å². The van der Waals surface area contributed by atoms with Crippen LogP contribution in [0.1, 0.15) is 19.7 Å². The maximum atomic E-state index is 6.07. The third kappa shape index (κ3) is 1.93. The molecule has 1 unspecified atom stereocenters. The third-order valence-corrected chi connectivity index (χ3v) is 3.05. The van der Waals surface area contributed by atoms with Crippen LogP contribution >= 0.6 is 0 Å². The summed E-state index contributed by atoms with van der Waals surface area (Å²) in [6.45, 7) is 4.27. The van der Waals surface area contributed by atoms with Gasteiger partial charge >= 0.3 is 0 Å². The van der Waals surface area contributed by atoms with Gasteiger partial charge < -0.3 is 10.3 Å². The number of aromatic nitrogens is 3. The topological polar surface area (TPSA) is 56.7 Å². The van der Waals surface area contributed by atoms with E-state index in [4.69, 9.17) is 5.73 Å². The normalized spacial score (nSPS) is 13.6. The van der Waals surface area contributed by atoms with Crippen molar-refractivity contribution in [3.63, 3.8) is 0 Å². The quantitative estimate of drug-likeness (QED) is 0.849. The fourth-order valence-electron chi connectivity index (χ4n) is 1.73. The number of rotatable bonds is 3. The first kappa shape index (κ1) is 11.1. The minimum atomic E-state index is 0.156. The van der Waals surface area contributed by atoms with Crippen LogP contribution in [-0.2, 0) is 13.5 Å². The van der Waals surface area contributed by atoms with Crippen molar-refractivity contribution >= 4 is 11.0 Å².